The first-order chi connectivity index (χ1) is 13.3. The van der Waals surface area contributed by atoms with Crippen LogP contribution in [0.15, 0.2) is 97.3 Å². The molecule has 2 aromatic carbocycles. The van der Waals surface area contributed by atoms with E-state index in [-0.39, 0.29) is 0 Å². The highest BCUT2D eigenvalue weighted by Gasteiger charge is 2.02. The van der Waals surface area contributed by atoms with E-state index in [1.807, 2.05) is 84.9 Å². The van der Waals surface area contributed by atoms with Crippen molar-refractivity contribution in [2.75, 3.05) is 10.6 Å². The van der Waals surface area contributed by atoms with Crippen molar-refractivity contribution in [3.8, 4) is 11.5 Å². The van der Waals surface area contributed by atoms with Crippen molar-refractivity contribution in [3.05, 3.63) is 97.3 Å². The number of benzene rings is 2. The third-order valence-electron chi connectivity index (χ3n) is 3.80. The molecular weight excluding hydrogens is 336 g/mol. The molecule has 0 amide bonds. The summed E-state index contributed by atoms with van der Waals surface area (Å²) in [5.74, 6) is 2.82. The Hall–Kier alpha value is -3.86. The number of rotatable bonds is 6. The Kier molecular flexibility index (Phi) is 4.93. The fraction of sp³-hybridized carbons (Fsp3) is 0. The van der Waals surface area contributed by atoms with Crippen molar-refractivity contribution in [1.29, 1.82) is 0 Å². The Labute approximate surface area is 157 Å². The van der Waals surface area contributed by atoms with Gasteiger partial charge in [0.15, 0.2) is 0 Å². The molecule has 0 saturated carbocycles. The first kappa shape index (κ1) is 16.6. The number of anilines is 4. The second-order valence-electron chi connectivity index (χ2n) is 5.84. The molecule has 4 rings (SSSR count). The maximum atomic E-state index is 5.89. The lowest BCUT2D eigenvalue weighted by molar-refractivity contribution is 0.480. The summed E-state index contributed by atoms with van der Waals surface area (Å²) in [7, 11) is 0. The number of para-hydroxylation sites is 2. The lowest BCUT2D eigenvalue weighted by Crippen LogP contribution is -1.95. The topological polar surface area (TPSA) is 59.1 Å². The molecule has 0 fully saturated rings. The van der Waals surface area contributed by atoms with Crippen LogP contribution >= 0.6 is 0 Å². The van der Waals surface area contributed by atoms with E-state index in [9.17, 15) is 0 Å². The van der Waals surface area contributed by atoms with Crippen LogP contribution in [0.3, 0.4) is 0 Å². The van der Waals surface area contributed by atoms with E-state index in [1.165, 1.54) is 0 Å². The predicted octanol–water partition coefficient (Wildman–Crippen LogP) is 5.76. The number of nitrogens with zero attached hydrogens (tertiary/aromatic N) is 2. The number of aromatic nitrogens is 2. The molecule has 0 spiro atoms. The smallest absolute Gasteiger partial charge is 0.145 e. The standard InChI is InChI=1S/C22H18N4O/c1-3-7-17(8-4-1)25-21-12-11-20(16-24-21)27-19-13-14-23-22(15-19)26-18-9-5-2-6-10-18/h1-16H,(H,23,26)(H,24,25). The maximum Gasteiger partial charge on any atom is 0.145 e. The van der Waals surface area contributed by atoms with E-state index in [4.69, 9.17) is 4.74 Å². The molecule has 5 nitrogen and oxygen atoms in total. The first-order valence-electron chi connectivity index (χ1n) is 8.59. The normalized spacial score (nSPS) is 10.2. The molecule has 5 heteroatoms. The van der Waals surface area contributed by atoms with Gasteiger partial charge in [0.05, 0.1) is 6.20 Å². The summed E-state index contributed by atoms with van der Waals surface area (Å²) in [5.41, 5.74) is 1.96. The van der Waals surface area contributed by atoms with Crippen LogP contribution in [0, 0.1) is 0 Å². The highest BCUT2D eigenvalue weighted by atomic mass is 16.5. The van der Waals surface area contributed by atoms with Crippen LogP contribution < -0.4 is 15.4 Å². The minimum atomic E-state index is 0.658. The predicted molar refractivity (Wildman–Crippen MR) is 108 cm³/mol. The lowest BCUT2D eigenvalue weighted by Gasteiger charge is -2.10. The van der Waals surface area contributed by atoms with E-state index in [0.717, 1.165) is 17.2 Å². The Morgan fingerprint density at radius 2 is 1.26 bits per heavy atom. The van der Waals surface area contributed by atoms with Crippen molar-refractivity contribution in [1.82, 2.24) is 9.97 Å². The van der Waals surface area contributed by atoms with E-state index < -0.39 is 0 Å². The summed E-state index contributed by atoms with van der Waals surface area (Å²) in [6, 6.07) is 27.2. The summed E-state index contributed by atoms with van der Waals surface area (Å²) in [6.07, 6.45) is 3.40. The van der Waals surface area contributed by atoms with Gasteiger partial charge < -0.3 is 15.4 Å². The monoisotopic (exact) mass is 354 g/mol. The van der Waals surface area contributed by atoms with Crippen LogP contribution in [0.5, 0.6) is 11.5 Å². The molecule has 132 valence electrons. The van der Waals surface area contributed by atoms with Gasteiger partial charge in [0, 0.05) is 23.6 Å². The molecule has 0 unspecified atom stereocenters. The molecule has 2 N–H and O–H groups in total. The molecule has 0 aliphatic heterocycles. The Morgan fingerprint density at radius 3 is 1.89 bits per heavy atom. The highest BCUT2D eigenvalue weighted by molar-refractivity contribution is 5.58. The minimum Gasteiger partial charge on any atom is -0.456 e. The molecule has 0 radical (unpaired) electrons. The highest BCUT2D eigenvalue weighted by Crippen LogP contribution is 2.25. The van der Waals surface area contributed by atoms with Gasteiger partial charge in [0.1, 0.15) is 23.1 Å². The van der Waals surface area contributed by atoms with Gasteiger partial charge in [-0.15, -0.1) is 0 Å². The fourth-order valence-electron chi connectivity index (χ4n) is 2.53. The molecule has 2 aromatic heterocycles. The summed E-state index contributed by atoms with van der Waals surface area (Å²) in [6.45, 7) is 0. The van der Waals surface area contributed by atoms with Crippen molar-refractivity contribution < 1.29 is 4.74 Å². The fourth-order valence-corrected chi connectivity index (χ4v) is 2.53. The van der Waals surface area contributed by atoms with Crippen LogP contribution in [0.4, 0.5) is 23.0 Å². The summed E-state index contributed by atoms with van der Waals surface area (Å²) in [5, 5.41) is 6.49. The van der Waals surface area contributed by atoms with E-state index in [1.54, 1.807) is 12.4 Å². The van der Waals surface area contributed by atoms with Crippen LogP contribution in [-0.2, 0) is 0 Å². The Morgan fingerprint density at radius 1 is 0.593 bits per heavy atom. The van der Waals surface area contributed by atoms with Gasteiger partial charge in [0.25, 0.3) is 0 Å². The van der Waals surface area contributed by atoms with Gasteiger partial charge in [-0.1, -0.05) is 36.4 Å². The zero-order valence-corrected chi connectivity index (χ0v) is 14.5. The molecule has 2 heterocycles. The van der Waals surface area contributed by atoms with Crippen LogP contribution in [0.1, 0.15) is 0 Å². The average Bonchev–Trinajstić information content (AvgIpc) is 2.71. The summed E-state index contributed by atoms with van der Waals surface area (Å²) < 4.78 is 5.89. The number of nitrogens with one attached hydrogen (secondary N) is 2. The van der Waals surface area contributed by atoms with Crippen molar-refractivity contribution in [2.45, 2.75) is 0 Å². The SMILES string of the molecule is c1ccc(Nc2ccc(Oc3ccnc(Nc4ccccc4)c3)cn2)cc1. The third-order valence-corrected chi connectivity index (χ3v) is 3.80. The zero-order chi connectivity index (χ0) is 18.3. The second-order valence-corrected chi connectivity index (χ2v) is 5.84. The molecule has 0 atom stereocenters. The van der Waals surface area contributed by atoms with Gasteiger partial charge in [0.2, 0.25) is 0 Å². The minimum absolute atomic E-state index is 0.658. The van der Waals surface area contributed by atoms with Crippen molar-refractivity contribution in [2.24, 2.45) is 0 Å². The first-order valence-corrected chi connectivity index (χ1v) is 8.59. The number of ether oxygens (including phenoxy) is 1. The van der Waals surface area contributed by atoms with Gasteiger partial charge in [-0.2, -0.15) is 0 Å². The van der Waals surface area contributed by atoms with Gasteiger partial charge in [-0.3, -0.25) is 0 Å². The molecule has 27 heavy (non-hydrogen) atoms. The molecule has 0 bridgehead atoms. The molecule has 0 aliphatic carbocycles. The third kappa shape index (κ3) is 4.61. The van der Waals surface area contributed by atoms with Gasteiger partial charge in [-0.25, -0.2) is 9.97 Å². The number of hydrogen-bond acceptors (Lipinski definition) is 5. The van der Waals surface area contributed by atoms with E-state index in [0.29, 0.717) is 17.3 Å². The lowest BCUT2D eigenvalue weighted by atomic mass is 10.3. The van der Waals surface area contributed by atoms with Gasteiger partial charge >= 0.3 is 0 Å². The van der Waals surface area contributed by atoms with E-state index in [2.05, 4.69) is 20.6 Å². The molecule has 0 aliphatic rings. The molecule has 0 saturated heterocycles. The summed E-state index contributed by atoms with van der Waals surface area (Å²) >= 11 is 0. The van der Waals surface area contributed by atoms with Crippen LogP contribution in [-0.4, -0.2) is 9.97 Å². The van der Waals surface area contributed by atoms with E-state index >= 15 is 0 Å². The Bertz CT molecular complexity index is 989. The van der Waals surface area contributed by atoms with Crippen LogP contribution in [0.2, 0.25) is 0 Å². The number of pyridine rings is 2. The molecule has 4 aromatic rings. The largest absolute Gasteiger partial charge is 0.456 e. The zero-order valence-electron chi connectivity index (χ0n) is 14.5. The second kappa shape index (κ2) is 8.01. The number of hydrogen-bond donors (Lipinski definition) is 2. The maximum absolute atomic E-state index is 5.89. The van der Waals surface area contributed by atoms with Crippen LogP contribution in [0.25, 0.3) is 0 Å². The molecular formula is C22H18N4O. The van der Waals surface area contributed by atoms with Gasteiger partial charge in [-0.05, 0) is 42.5 Å². The Balaban J connectivity index is 1.42. The summed E-state index contributed by atoms with van der Waals surface area (Å²) in [4.78, 5) is 8.71. The van der Waals surface area contributed by atoms with Crippen molar-refractivity contribution >= 4 is 23.0 Å². The quantitative estimate of drug-likeness (QED) is 0.461. The van der Waals surface area contributed by atoms with Crippen molar-refractivity contribution in [3.63, 3.8) is 0 Å². The average molecular weight is 354 g/mol.